The SMILES string of the molecule is Cc1ccccc1-n1c(S[C@H](C)C(=O)Nc2cccc([N+](=O)[O-])c2)nnc1-c1cccnc1. The van der Waals surface area contributed by atoms with E-state index in [-0.39, 0.29) is 11.6 Å². The number of carbonyl (C=O) groups excluding carboxylic acids is 1. The van der Waals surface area contributed by atoms with E-state index in [1.54, 1.807) is 25.4 Å². The van der Waals surface area contributed by atoms with E-state index < -0.39 is 10.2 Å². The average Bonchev–Trinajstić information content (AvgIpc) is 3.23. The predicted octanol–water partition coefficient (Wildman–Crippen LogP) is 4.67. The summed E-state index contributed by atoms with van der Waals surface area (Å²) in [6.07, 6.45) is 3.40. The Labute approximate surface area is 194 Å². The van der Waals surface area contributed by atoms with Gasteiger partial charge in [0.05, 0.1) is 15.9 Å². The third-order valence-corrected chi connectivity index (χ3v) is 5.93. The van der Waals surface area contributed by atoms with Gasteiger partial charge in [-0.3, -0.25) is 24.5 Å². The number of hydrogen-bond acceptors (Lipinski definition) is 7. The minimum atomic E-state index is -0.544. The third-order valence-electron chi connectivity index (χ3n) is 4.89. The Kier molecular flexibility index (Phi) is 6.45. The van der Waals surface area contributed by atoms with Crippen LogP contribution in [0.4, 0.5) is 11.4 Å². The van der Waals surface area contributed by atoms with E-state index in [1.807, 2.05) is 47.9 Å². The van der Waals surface area contributed by atoms with E-state index in [4.69, 9.17) is 0 Å². The molecule has 0 radical (unpaired) electrons. The molecule has 0 aliphatic heterocycles. The highest BCUT2D eigenvalue weighted by Gasteiger charge is 2.23. The first kappa shape index (κ1) is 22.2. The number of rotatable bonds is 7. The lowest BCUT2D eigenvalue weighted by molar-refractivity contribution is -0.384. The molecule has 9 nitrogen and oxygen atoms in total. The number of nitro groups is 1. The van der Waals surface area contributed by atoms with E-state index in [1.165, 1.54) is 30.0 Å². The molecule has 0 bridgehead atoms. The van der Waals surface area contributed by atoms with Crippen LogP contribution in [0.1, 0.15) is 12.5 Å². The molecule has 10 heteroatoms. The number of anilines is 1. The zero-order chi connectivity index (χ0) is 23.4. The molecule has 2 aromatic carbocycles. The molecule has 0 fully saturated rings. The lowest BCUT2D eigenvalue weighted by atomic mass is 10.2. The number of amides is 1. The van der Waals surface area contributed by atoms with Crippen molar-refractivity contribution in [3.05, 3.63) is 88.7 Å². The van der Waals surface area contributed by atoms with Gasteiger partial charge in [0, 0.05) is 35.8 Å². The fraction of sp³-hybridized carbons (Fsp3) is 0.130. The molecule has 2 heterocycles. The summed E-state index contributed by atoms with van der Waals surface area (Å²) in [5.41, 5.74) is 2.99. The van der Waals surface area contributed by atoms with E-state index in [9.17, 15) is 14.9 Å². The molecule has 0 unspecified atom stereocenters. The van der Waals surface area contributed by atoms with Gasteiger partial charge >= 0.3 is 0 Å². The highest BCUT2D eigenvalue weighted by Crippen LogP contribution is 2.31. The van der Waals surface area contributed by atoms with E-state index in [0.717, 1.165) is 16.8 Å². The molecule has 4 rings (SSSR count). The second-order valence-corrected chi connectivity index (χ2v) is 8.53. The number of nitrogens with zero attached hydrogens (tertiary/aromatic N) is 5. The number of aromatic nitrogens is 4. The smallest absolute Gasteiger partial charge is 0.271 e. The number of para-hydroxylation sites is 1. The Morgan fingerprint density at radius 3 is 2.67 bits per heavy atom. The zero-order valence-electron chi connectivity index (χ0n) is 17.9. The molecule has 0 aliphatic rings. The fourth-order valence-corrected chi connectivity index (χ4v) is 4.07. The van der Waals surface area contributed by atoms with Crippen LogP contribution < -0.4 is 5.32 Å². The van der Waals surface area contributed by atoms with E-state index in [2.05, 4.69) is 20.5 Å². The summed E-state index contributed by atoms with van der Waals surface area (Å²) in [6, 6.07) is 17.4. The van der Waals surface area contributed by atoms with Crippen molar-refractivity contribution in [1.82, 2.24) is 19.7 Å². The summed E-state index contributed by atoms with van der Waals surface area (Å²) in [4.78, 5) is 27.5. The summed E-state index contributed by atoms with van der Waals surface area (Å²) in [5, 5.41) is 22.5. The molecule has 0 aliphatic carbocycles. The van der Waals surface area contributed by atoms with Gasteiger partial charge in [-0.15, -0.1) is 10.2 Å². The van der Waals surface area contributed by atoms with Crippen molar-refractivity contribution in [2.45, 2.75) is 24.3 Å². The van der Waals surface area contributed by atoms with Crippen LogP contribution in [0.15, 0.2) is 78.2 Å². The number of pyridine rings is 1. The first-order valence-corrected chi connectivity index (χ1v) is 11.0. The number of hydrogen-bond donors (Lipinski definition) is 1. The Morgan fingerprint density at radius 1 is 1.12 bits per heavy atom. The lowest BCUT2D eigenvalue weighted by Crippen LogP contribution is -2.23. The second kappa shape index (κ2) is 9.61. The maximum atomic E-state index is 12.8. The van der Waals surface area contributed by atoms with Gasteiger partial charge in [0.1, 0.15) is 0 Å². The molecule has 4 aromatic rings. The minimum Gasteiger partial charge on any atom is -0.325 e. The number of thioether (sulfide) groups is 1. The largest absolute Gasteiger partial charge is 0.325 e. The number of nitro benzene ring substituents is 1. The Balaban J connectivity index is 1.63. The molecule has 0 saturated heterocycles. The molecular weight excluding hydrogens is 440 g/mol. The van der Waals surface area contributed by atoms with Crippen molar-refractivity contribution < 1.29 is 9.72 Å². The van der Waals surface area contributed by atoms with Crippen LogP contribution in [0.2, 0.25) is 0 Å². The monoisotopic (exact) mass is 460 g/mol. The number of benzene rings is 2. The van der Waals surface area contributed by atoms with Gasteiger partial charge in [-0.2, -0.15) is 0 Å². The third kappa shape index (κ3) is 4.90. The molecule has 2 aromatic heterocycles. The normalized spacial score (nSPS) is 11.7. The quantitative estimate of drug-likeness (QED) is 0.242. The Bertz CT molecular complexity index is 1310. The molecule has 166 valence electrons. The zero-order valence-corrected chi connectivity index (χ0v) is 18.7. The summed E-state index contributed by atoms with van der Waals surface area (Å²) >= 11 is 1.25. The van der Waals surface area contributed by atoms with Gasteiger partial charge in [-0.1, -0.05) is 36.0 Å². The maximum Gasteiger partial charge on any atom is 0.271 e. The first-order valence-electron chi connectivity index (χ1n) is 10.1. The van der Waals surface area contributed by atoms with Crippen LogP contribution in [-0.2, 0) is 4.79 Å². The summed E-state index contributed by atoms with van der Waals surface area (Å²) in [7, 11) is 0. The maximum absolute atomic E-state index is 12.8. The minimum absolute atomic E-state index is 0.0893. The van der Waals surface area contributed by atoms with Crippen LogP contribution in [0.25, 0.3) is 17.1 Å². The molecular formula is C23H20N6O3S. The number of aryl methyl sites for hydroxylation is 1. The Hall–Kier alpha value is -4.05. The van der Waals surface area contributed by atoms with Crippen LogP contribution in [0.3, 0.4) is 0 Å². The molecule has 0 spiro atoms. The topological polar surface area (TPSA) is 116 Å². The van der Waals surface area contributed by atoms with Crippen LogP contribution in [0, 0.1) is 17.0 Å². The van der Waals surface area contributed by atoms with Crippen LogP contribution >= 0.6 is 11.8 Å². The average molecular weight is 461 g/mol. The second-order valence-electron chi connectivity index (χ2n) is 7.23. The first-order chi connectivity index (χ1) is 15.9. The van der Waals surface area contributed by atoms with E-state index in [0.29, 0.717) is 16.7 Å². The Morgan fingerprint density at radius 2 is 1.94 bits per heavy atom. The molecule has 1 atom stereocenters. The van der Waals surface area contributed by atoms with Crippen molar-refractivity contribution >= 4 is 29.0 Å². The van der Waals surface area contributed by atoms with Crippen molar-refractivity contribution in [1.29, 1.82) is 0 Å². The van der Waals surface area contributed by atoms with E-state index >= 15 is 0 Å². The van der Waals surface area contributed by atoms with Crippen molar-refractivity contribution in [2.24, 2.45) is 0 Å². The van der Waals surface area contributed by atoms with Gasteiger partial charge in [-0.25, -0.2) is 0 Å². The fourth-order valence-electron chi connectivity index (χ4n) is 3.21. The van der Waals surface area contributed by atoms with Gasteiger partial charge < -0.3 is 5.32 Å². The number of non-ortho nitro benzene ring substituents is 1. The lowest BCUT2D eigenvalue weighted by Gasteiger charge is -2.15. The highest BCUT2D eigenvalue weighted by atomic mass is 32.2. The molecule has 1 amide bonds. The van der Waals surface area contributed by atoms with Gasteiger partial charge in [-0.05, 0) is 43.7 Å². The van der Waals surface area contributed by atoms with Crippen molar-refractivity contribution in [3.8, 4) is 17.1 Å². The van der Waals surface area contributed by atoms with Gasteiger partial charge in [0.2, 0.25) is 5.91 Å². The predicted molar refractivity (Wildman–Crippen MR) is 126 cm³/mol. The summed E-state index contributed by atoms with van der Waals surface area (Å²) in [5.74, 6) is 0.314. The molecule has 0 saturated carbocycles. The van der Waals surface area contributed by atoms with Gasteiger partial charge in [0.15, 0.2) is 11.0 Å². The summed E-state index contributed by atoms with van der Waals surface area (Å²) < 4.78 is 1.91. The van der Waals surface area contributed by atoms with Crippen LogP contribution in [0.5, 0.6) is 0 Å². The van der Waals surface area contributed by atoms with Crippen molar-refractivity contribution in [3.63, 3.8) is 0 Å². The number of carbonyl (C=O) groups is 1. The molecule has 33 heavy (non-hydrogen) atoms. The van der Waals surface area contributed by atoms with Crippen LogP contribution in [-0.4, -0.2) is 35.8 Å². The summed E-state index contributed by atoms with van der Waals surface area (Å²) in [6.45, 7) is 3.74. The number of nitrogens with one attached hydrogen (secondary N) is 1. The molecule has 1 N–H and O–H groups in total. The standard InChI is InChI=1S/C23H20N6O3S/c1-15-7-3-4-11-20(15)28-21(17-8-6-12-24-14-17)26-27-23(28)33-16(2)22(30)25-18-9-5-10-19(13-18)29(31)32/h3-14,16H,1-2H3,(H,25,30)/t16-/m1/s1. The van der Waals surface area contributed by atoms with Crippen molar-refractivity contribution in [2.75, 3.05) is 5.32 Å². The van der Waals surface area contributed by atoms with Gasteiger partial charge in [0.25, 0.3) is 5.69 Å². The highest BCUT2D eigenvalue weighted by molar-refractivity contribution is 8.00.